The van der Waals surface area contributed by atoms with Gasteiger partial charge in [0, 0.05) is 30.6 Å². The van der Waals surface area contributed by atoms with Gasteiger partial charge in [-0.05, 0) is 25.1 Å². The summed E-state index contributed by atoms with van der Waals surface area (Å²) in [4.78, 5) is 8.66. The molecule has 0 radical (unpaired) electrons. The van der Waals surface area contributed by atoms with Gasteiger partial charge in [-0.1, -0.05) is 11.6 Å². The van der Waals surface area contributed by atoms with E-state index in [0.717, 1.165) is 27.9 Å². The van der Waals surface area contributed by atoms with Crippen molar-refractivity contribution in [1.82, 2.24) is 19.7 Å². The molecule has 0 atom stereocenters. The first-order chi connectivity index (χ1) is 8.63. The Morgan fingerprint density at radius 3 is 2.78 bits per heavy atom. The number of aromatic nitrogens is 4. The number of hydrogen-bond donors (Lipinski definition) is 0. The Morgan fingerprint density at radius 1 is 1.22 bits per heavy atom. The Bertz CT molecular complexity index is 733. The number of rotatable bonds is 1. The van der Waals surface area contributed by atoms with Crippen molar-refractivity contribution < 1.29 is 0 Å². The summed E-state index contributed by atoms with van der Waals surface area (Å²) in [5.41, 5.74) is 4.67. The SMILES string of the molecule is Cc1nn(C)cc1-c1cnc2ccc(Cl)nc2c1. The average molecular weight is 259 g/mol. The van der Waals surface area contributed by atoms with Crippen LogP contribution < -0.4 is 0 Å². The van der Waals surface area contributed by atoms with Crippen LogP contribution in [0.3, 0.4) is 0 Å². The lowest BCUT2D eigenvalue weighted by Gasteiger charge is -2.01. The summed E-state index contributed by atoms with van der Waals surface area (Å²) >= 11 is 5.90. The van der Waals surface area contributed by atoms with Crippen LogP contribution in [-0.4, -0.2) is 19.7 Å². The van der Waals surface area contributed by atoms with E-state index in [1.165, 1.54) is 0 Å². The second-order valence-corrected chi connectivity index (χ2v) is 4.59. The predicted molar refractivity (Wildman–Crippen MR) is 71.5 cm³/mol. The quantitative estimate of drug-likeness (QED) is 0.630. The first-order valence-electron chi connectivity index (χ1n) is 5.56. The highest BCUT2D eigenvalue weighted by molar-refractivity contribution is 6.29. The molecule has 90 valence electrons. The van der Waals surface area contributed by atoms with E-state index < -0.39 is 0 Å². The summed E-state index contributed by atoms with van der Waals surface area (Å²) in [6.45, 7) is 1.98. The van der Waals surface area contributed by atoms with E-state index in [9.17, 15) is 0 Å². The zero-order valence-electron chi connectivity index (χ0n) is 10.1. The molecule has 0 saturated heterocycles. The van der Waals surface area contributed by atoms with E-state index >= 15 is 0 Å². The highest BCUT2D eigenvalue weighted by Gasteiger charge is 2.08. The summed E-state index contributed by atoms with van der Waals surface area (Å²) < 4.78 is 1.79. The van der Waals surface area contributed by atoms with Crippen molar-refractivity contribution in [2.45, 2.75) is 6.92 Å². The second-order valence-electron chi connectivity index (χ2n) is 4.20. The molecule has 3 rings (SSSR count). The van der Waals surface area contributed by atoms with Crippen LogP contribution in [-0.2, 0) is 7.05 Å². The molecule has 3 aromatic heterocycles. The highest BCUT2D eigenvalue weighted by atomic mass is 35.5. The topological polar surface area (TPSA) is 43.6 Å². The fourth-order valence-electron chi connectivity index (χ4n) is 2.01. The van der Waals surface area contributed by atoms with Crippen LogP contribution >= 0.6 is 11.6 Å². The van der Waals surface area contributed by atoms with Crippen LogP contribution in [0.1, 0.15) is 5.69 Å². The summed E-state index contributed by atoms with van der Waals surface area (Å²) in [5, 5.41) is 4.80. The van der Waals surface area contributed by atoms with Crippen molar-refractivity contribution in [1.29, 1.82) is 0 Å². The number of halogens is 1. The lowest BCUT2D eigenvalue weighted by molar-refractivity contribution is 0.756. The second kappa shape index (κ2) is 4.07. The third-order valence-corrected chi connectivity index (χ3v) is 3.04. The molecule has 0 fully saturated rings. The molecule has 3 aromatic rings. The van der Waals surface area contributed by atoms with Gasteiger partial charge < -0.3 is 0 Å². The number of nitrogens with zero attached hydrogens (tertiary/aromatic N) is 4. The summed E-state index contributed by atoms with van der Waals surface area (Å²) in [6.07, 6.45) is 3.81. The predicted octanol–water partition coefficient (Wildman–Crippen LogP) is 2.99. The third-order valence-electron chi connectivity index (χ3n) is 2.83. The molecular formula is C13H11ClN4. The lowest BCUT2D eigenvalue weighted by Crippen LogP contribution is -1.86. The molecule has 4 nitrogen and oxygen atoms in total. The van der Waals surface area contributed by atoms with Crippen LogP contribution in [0.4, 0.5) is 0 Å². The molecule has 0 saturated carbocycles. The minimum atomic E-state index is 0.476. The van der Waals surface area contributed by atoms with Gasteiger partial charge in [0.25, 0.3) is 0 Å². The molecule has 0 aliphatic heterocycles. The Balaban J connectivity index is 2.21. The van der Waals surface area contributed by atoms with Gasteiger partial charge in [0.15, 0.2) is 0 Å². The molecule has 0 spiro atoms. The Labute approximate surface area is 109 Å². The maximum absolute atomic E-state index is 5.90. The van der Waals surface area contributed by atoms with E-state index in [2.05, 4.69) is 15.1 Å². The number of aryl methyl sites for hydroxylation is 2. The van der Waals surface area contributed by atoms with Crippen molar-refractivity contribution in [2.75, 3.05) is 0 Å². The van der Waals surface area contributed by atoms with Crippen molar-refractivity contribution in [3.63, 3.8) is 0 Å². The minimum absolute atomic E-state index is 0.476. The molecule has 0 bridgehead atoms. The maximum atomic E-state index is 5.90. The van der Waals surface area contributed by atoms with Crippen molar-refractivity contribution >= 4 is 22.6 Å². The van der Waals surface area contributed by atoms with Crippen LogP contribution in [0.2, 0.25) is 5.15 Å². The van der Waals surface area contributed by atoms with Crippen LogP contribution in [0, 0.1) is 6.92 Å². The summed E-state index contributed by atoms with van der Waals surface area (Å²) in [7, 11) is 1.90. The largest absolute Gasteiger partial charge is 0.275 e. The molecule has 0 amide bonds. The molecule has 0 aliphatic carbocycles. The molecule has 0 aliphatic rings. The van der Waals surface area contributed by atoms with E-state index in [1.54, 1.807) is 10.7 Å². The average Bonchev–Trinajstić information content (AvgIpc) is 2.67. The van der Waals surface area contributed by atoms with Gasteiger partial charge in [0.2, 0.25) is 0 Å². The normalized spacial score (nSPS) is 11.1. The lowest BCUT2D eigenvalue weighted by atomic mass is 10.1. The van der Waals surface area contributed by atoms with Crippen molar-refractivity contribution in [3.05, 3.63) is 41.4 Å². The van der Waals surface area contributed by atoms with Gasteiger partial charge >= 0.3 is 0 Å². The Hall–Kier alpha value is -1.94. The summed E-state index contributed by atoms with van der Waals surface area (Å²) in [6, 6.07) is 5.59. The molecule has 0 aromatic carbocycles. The number of fused-ring (bicyclic) bond motifs is 1. The van der Waals surface area contributed by atoms with Gasteiger partial charge in [0.1, 0.15) is 5.15 Å². The first kappa shape index (κ1) is 11.2. The van der Waals surface area contributed by atoms with Crippen molar-refractivity contribution in [2.24, 2.45) is 7.05 Å². The number of hydrogen-bond acceptors (Lipinski definition) is 3. The standard InChI is InChI=1S/C13H11ClN4/c1-8-10(7-18(2)17-8)9-5-12-11(15-6-9)3-4-13(14)16-12/h3-7H,1-2H3. The van der Waals surface area contributed by atoms with E-state index in [1.807, 2.05) is 38.5 Å². The Morgan fingerprint density at radius 2 is 2.06 bits per heavy atom. The minimum Gasteiger partial charge on any atom is -0.275 e. The van der Waals surface area contributed by atoms with Gasteiger partial charge in [0.05, 0.1) is 16.7 Å². The molecule has 5 heteroatoms. The van der Waals surface area contributed by atoms with Crippen LogP contribution in [0.5, 0.6) is 0 Å². The Kier molecular flexibility index (Phi) is 2.52. The molecule has 0 unspecified atom stereocenters. The highest BCUT2D eigenvalue weighted by Crippen LogP contribution is 2.24. The molecule has 18 heavy (non-hydrogen) atoms. The molecule has 3 heterocycles. The fraction of sp³-hybridized carbons (Fsp3) is 0.154. The monoisotopic (exact) mass is 258 g/mol. The zero-order chi connectivity index (χ0) is 12.7. The van der Waals surface area contributed by atoms with Gasteiger partial charge in [-0.3, -0.25) is 9.67 Å². The zero-order valence-corrected chi connectivity index (χ0v) is 10.8. The fourth-order valence-corrected chi connectivity index (χ4v) is 2.17. The van der Waals surface area contributed by atoms with E-state index in [-0.39, 0.29) is 0 Å². The van der Waals surface area contributed by atoms with Gasteiger partial charge in [-0.25, -0.2) is 4.98 Å². The summed E-state index contributed by atoms with van der Waals surface area (Å²) in [5.74, 6) is 0. The van der Waals surface area contributed by atoms with E-state index in [4.69, 9.17) is 11.6 Å². The maximum Gasteiger partial charge on any atom is 0.129 e. The van der Waals surface area contributed by atoms with Gasteiger partial charge in [-0.2, -0.15) is 5.10 Å². The first-order valence-corrected chi connectivity index (χ1v) is 5.94. The van der Waals surface area contributed by atoms with Gasteiger partial charge in [-0.15, -0.1) is 0 Å². The molecular weight excluding hydrogens is 248 g/mol. The number of pyridine rings is 2. The van der Waals surface area contributed by atoms with Crippen LogP contribution in [0.25, 0.3) is 22.2 Å². The smallest absolute Gasteiger partial charge is 0.129 e. The van der Waals surface area contributed by atoms with E-state index in [0.29, 0.717) is 5.15 Å². The third kappa shape index (κ3) is 1.84. The van der Waals surface area contributed by atoms with Crippen molar-refractivity contribution in [3.8, 4) is 11.1 Å². The molecule has 0 N–H and O–H groups in total. The van der Waals surface area contributed by atoms with Crippen LogP contribution in [0.15, 0.2) is 30.6 Å².